The Morgan fingerprint density at radius 2 is 2.33 bits per heavy atom. The molecule has 0 saturated heterocycles. The molecular weight excluding hydrogens is 174 g/mol. The number of hydrogen-bond donors (Lipinski definition) is 0. The first-order valence-corrected chi connectivity index (χ1v) is 4.28. The van der Waals surface area contributed by atoms with E-state index in [9.17, 15) is 0 Å². The zero-order valence-electron chi connectivity index (χ0n) is 6.51. The fraction of sp³-hybridized carbons (Fsp3) is 0.333. The molecule has 0 amide bonds. The first kappa shape index (κ1) is 7.90. The molecule has 1 aromatic carbocycles. The van der Waals surface area contributed by atoms with Crippen LogP contribution in [0, 0.1) is 0 Å². The summed E-state index contributed by atoms with van der Waals surface area (Å²) in [7, 11) is 0. The van der Waals surface area contributed by atoms with Crippen LogP contribution in [0.3, 0.4) is 0 Å². The maximum Gasteiger partial charge on any atom is 0.124 e. The quantitative estimate of drug-likeness (QED) is 0.607. The Bertz CT molecular complexity index is 301. The number of ether oxygens (including phenoxy) is 1. The summed E-state index contributed by atoms with van der Waals surface area (Å²) in [5.41, 5.74) is 8.62. The first-order valence-electron chi connectivity index (χ1n) is 3.91. The lowest BCUT2D eigenvalue weighted by molar-refractivity contribution is 0.267. The van der Waals surface area contributed by atoms with Crippen LogP contribution in [0.2, 0.25) is 5.02 Å². The molecule has 1 aliphatic heterocycles. The molecule has 0 saturated carbocycles. The summed E-state index contributed by atoms with van der Waals surface area (Å²) in [6, 6.07) is 5.26. The Balaban J connectivity index is 2.47. The predicted molar refractivity (Wildman–Crippen MR) is 47.4 cm³/mol. The normalized spacial score (nSPS) is 21.3. The molecule has 1 heterocycles. The van der Waals surface area contributed by atoms with E-state index in [1.54, 1.807) is 6.07 Å². The average molecular weight is 183 g/mol. The molecule has 0 bridgehead atoms. The first-order chi connectivity index (χ1) is 5.77. The minimum atomic E-state index is -0.174. The minimum absolute atomic E-state index is 0.174. The van der Waals surface area contributed by atoms with E-state index < -0.39 is 0 Å². The Kier molecular flexibility index (Phi) is 1.95. The standard InChI is InChI=1S/C9H9ClNO/c10-6-1-2-9-7(5-6)8(11)3-4-12-9/h1-2,5,8,11H,3-4H2. The molecule has 63 valence electrons. The van der Waals surface area contributed by atoms with Gasteiger partial charge in [0.1, 0.15) is 5.75 Å². The topological polar surface area (TPSA) is 33.0 Å². The summed E-state index contributed by atoms with van der Waals surface area (Å²) in [4.78, 5) is 0. The molecule has 1 atom stereocenters. The molecule has 12 heavy (non-hydrogen) atoms. The van der Waals surface area contributed by atoms with E-state index in [1.165, 1.54) is 0 Å². The van der Waals surface area contributed by atoms with E-state index in [0.717, 1.165) is 17.7 Å². The van der Waals surface area contributed by atoms with Gasteiger partial charge < -0.3 is 4.74 Å². The van der Waals surface area contributed by atoms with E-state index in [4.69, 9.17) is 22.1 Å². The third-order valence-electron chi connectivity index (χ3n) is 2.01. The van der Waals surface area contributed by atoms with Gasteiger partial charge in [0.25, 0.3) is 0 Å². The van der Waals surface area contributed by atoms with Gasteiger partial charge >= 0.3 is 0 Å². The Hall–Kier alpha value is -0.730. The number of rotatable bonds is 0. The van der Waals surface area contributed by atoms with Gasteiger partial charge in [-0.2, -0.15) is 0 Å². The van der Waals surface area contributed by atoms with Crippen LogP contribution in [-0.2, 0) is 0 Å². The van der Waals surface area contributed by atoms with Gasteiger partial charge in [-0.1, -0.05) is 11.6 Å². The molecule has 0 fully saturated rings. The van der Waals surface area contributed by atoms with Crippen molar-refractivity contribution in [2.45, 2.75) is 12.5 Å². The van der Waals surface area contributed by atoms with Gasteiger partial charge in [-0.15, -0.1) is 0 Å². The Morgan fingerprint density at radius 3 is 3.17 bits per heavy atom. The zero-order chi connectivity index (χ0) is 8.55. The summed E-state index contributed by atoms with van der Waals surface area (Å²) in [5, 5.41) is 0.677. The van der Waals surface area contributed by atoms with E-state index >= 15 is 0 Å². The number of hydrogen-bond acceptors (Lipinski definition) is 1. The molecule has 2 rings (SSSR count). The van der Waals surface area contributed by atoms with E-state index in [0.29, 0.717) is 11.6 Å². The average Bonchev–Trinajstić information content (AvgIpc) is 2.07. The van der Waals surface area contributed by atoms with Crippen molar-refractivity contribution >= 4 is 11.6 Å². The SMILES string of the molecule is [NH]C1CCOc2ccc(Cl)cc21. The summed E-state index contributed by atoms with van der Waals surface area (Å²) in [6.45, 7) is 0.642. The molecule has 0 aliphatic carbocycles. The van der Waals surface area contributed by atoms with Crippen molar-refractivity contribution < 1.29 is 4.74 Å². The van der Waals surface area contributed by atoms with Gasteiger partial charge in [0.05, 0.1) is 12.6 Å². The highest BCUT2D eigenvalue weighted by molar-refractivity contribution is 6.30. The van der Waals surface area contributed by atoms with Crippen molar-refractivity contribution in [3.63, 3.8) is 0 Å². The van der Waals surface area contributed by atoms with Crippen molar-refractivity contribution in [1.82, 2.24) is 5.73 Å². The molecule has 2 nitrogen and oxygen atoms in total. The van der Waals surface area contributed by atoms with Crippen molar-refractivity contribution in [2.24, 2.45) is 0 Å². The minimum Gasteiger partial charge on any atom is -0.493 e. The largest absolute Gasteiger partial charge is 0.493 e. The van der Waals surface area contributed by atoms with Crippen LogP contribution in [0.15, 0.2) is 18.2 Å². The molecule has 1 aliphatic rings. The fourth-order valence-electron chi connectivity index (χ4n) is 1.37. The highest BCUT2D eigenvalue weighted by Gasteiger charge is 2.18. The van der Waals surface area contributed by atoms with Crippen LogP contribution in [0.1, 0.15) is 18.0 Å². The van der Waals surface area contributed by atoms with Crippen molar-refractivity contribution in [2.75, 3.05) is 6.61 Å². The maximum atomic E-state index is 7.71. The van der Waals surface area contributed by atoms with Gasteiger partial charge in [0.15, 0.2) is 0 Å². The second kappa shape index (κ2) is 2.96. The molecule has 1 unspecified atom stereocenters. The van der Waals surface area contributed by atoms with E-state index in [1.807, 2.05) is 12.1 Å². The molecule has 1 aromatic rings. The third kappa shape index (κ3) is 1.28. The molecule has 3 heteroatoms. The van der Waals surface area contributed by atoms with Crippen LogP contribution < -0.4 is 10.5 Å². The third-order valence-corrected chi connectivity index (χ3v) is 2.25. The maximum absolute atomic E-state index is 7.71. The fourth-order valence-corrected chi connectivity index (χ4v) is 1.55. The van der Waals surface area contributed by atoms with Crippen molar-refractivity contribution in [1.29, 1.82) is 0 Å². The highest BCUT2D eigenvalue weighted by atomic mass is 35.5. The van der Waals surface area contributed by atoms with E-state index in [-0.39, 0.29) is 6.04 Å². The van der Waals surface area contributed by atoms with Gasteiger partial charge in [0.2, 0.25) is 0 Å². The van der Waals surface area contributed by atoms with Gasteiger partial charge in [-0.3, -0.25) is 0 Å². The molecule has 0 aromatic heterocycles. The summed E-state index contributed by atoms with van der Waals surface area (Å²) in [6.07, 6.45) is 0.757. The lowest BCUT2D eigenvalue weighted by Gasteiger charge is -2.22. The smallest absolute Gasteiger partial charge is 0.124 e. The molecule has 1 N–H and O–H groups in total. The molecular formula is C9H9ClNO. The lowest BCUT2D eigenvalue weighted by atomic mass is 10.0. The number of fused-ring (bicyclic) bond motifs is 1. The number of halogens is 1. The number of benzene rings is 1. The second-order valence-electron chi connectivity index (χ2n) is 2.87. The summed E-state index contributed by atoms with van der Waals surface area (Å²) < 4.78 is 5.37. The van der Waals surface area contributed by atoms with Crippen LogP contribution in [-0.4, -0.2) is 6.61 Å². The van der Waals surface area contributed by atoms with Crippen molar-refractivity contribution in [3.8, 4) is 5.75 Å². The number of nitrogens with one attached hydrogen (secondary N) is 1. The van der Waals surface area contributed by atoms with Gasteiger partial charge in [0, 0.05) is 17.0 Å². The molecule has 0 spiro atoms. The Morgan fingerprint density at radius 1 is 1.50 bits per heavy atom. The van der Waals surface area contributed by atoms with Crippen LogP contribution in [0.4, 0.5) is 0 Å². The van der Waals surface area contributed by atoms with Crippen LogP contribution >= 0.6 is 11.6 Å². The Labute approximate surface area is 76.3 Å². The predicted octanol–water partition coefficient (Wildman–Crippen LogP) is 2.45. The monoisotopic (exact) mass is 182 g/mol. The van der Waals surface area contributed by atoms with Crippen LogP contribution in [0.25, 0.3) is 0 Å². The highest BCUT2D eigenvalue weighted by Crippen LogP contribution is 2.33. The summed E-state index contributed by atoms with van der Waals surface area (Å²) >= 11 is 5.80. The van der Waals surface area contributed by atoms with Gasteiger partial charge in [-0.25, -0.2) is 5.73 Å². The summed E-state index contributed by atoms with van der Waals surface area (Å²) in [5.74, 6) is 0.811. The van der Waals surface area contributed by atoms with Crippen molar-refractivity contribution in [3.05, 3.63) is 28.8 Å². The lowest BCUT2D eigenvalue weighted by Crippen LogP contribution is -2.14. The van der Waals surface area contributed by atoms with Crippen LogP contribution in [0.5, 0.6) is 5.75 Å². The van der Waals surface area contributed by atoms with Gasteiger partial charge in [-0.05, 0) is 18.2 Å². The van der Waals surface area contributed by atoms with E-state index in [2.05, 4.69) is 0 Å². The second-order valence-corrected chi connectivity index (χ2v) is 3.31. The zero-order valence-corrected chi connectivity index (χ0v) is 7.27. The molecule has 1 radical (unpaired) electrons.